The van der Waals surface area contributed by atoms with Gasteiger partial charge in [-0.25, -0.2) is 4.39 Å². The second-order valence-corrected chi connectivity index (χ2v) is 6.41. The molecule has 1 aromatic heterocycles. The Morgan fingerprint density at radius 2 is 1.96 bits per heavy atom. The smallest absolute Gasteiger partial charge is 0.353 e. The summed E-state index contributed by atoms with van der Waals surface area (Å²) >= 11 is 0. The molecule has 0 spiro atoms. The molecule has 0 amide bonds. The third-order valence-corrected chi connectivity index (χ3v) is 4.39. The lowest BCUT2D eigenvalue weighted by Crippen LogP contribution is -3.14. The van der Waals surface area contributed by atoms with Crippen molar-refractivity contribution in [1.82, 2.24) is 9.97 Å². The fourth-order valence-corrected chi connectivity index (χ4v) is 2.94. The summed E-state index contributed by atoms with van der Waals surface area (Å²) in [5.74, 6) is -0.506. The number of benzene rings is 1. The standard InChI is InChI=1S/C17H22FN7O3/c18-12-2-4-13(5-3-12)21-16-14(25(26)27)15(19)22-17(23-16)20-6-1-7-24-8-10-28-11-9-24/h2-5H,1,6-11H2,(H4,19,20,21,22,23)/p+1. The number of nitrogens with one attached hydrogen (secondary N) is 3. The summed E-state index contributed by atoms with van der Waals surface area (Å²) < 4.78 is 18.4. The van der Waals surface area contributed by atoms with Crippen molar-refractivity contribution in [2.24, 2.45) is 0 Å². The van der Waals surface area contributed by atoms with Crippen LogP contribution in [0.2, 0.25) is 0 Å². The molecule has 1 aliphatic rings. The van der Waals surface area contributed by atoms with E-state index in [4.69, 9.17) is 10.5 Å². The molecule has 1 saturated heterocycles. The first-order chi connectivity index (χ1) is 13.5. The summed E-state index contributed by atoms with van der Waals surface area (Å²) in [5, 5.41) is 17.2. The maximum absolute atomic E-state index is 13.1. The first-order valence-corrected chi connectivity index (χ1v) is 9.02. The van der Waals surface area contributed by atoms with E-state index >= 15 is 0 Å². The Bertz CT molecular complexity index is 813. The van der Waals surface area contributed by atoms with Crippen LogP contribution < -0.4 is 21.3 Å². The predicted octanol–water partition coefficient (Wildman–Crippen LogP) is 0.567. The van der Waals surface area contributed by atoms with Gasteiger partial charge in [0, 0.05) is 18.7 Å². The molecule has 1 aromatic carbocycles. The van der Waals surface area contributed by atoms with Crippen molar-refractivity contribution in [3.63, 3.8) is 0 Å². The number of anilines is 4. The SMILES string of the molecule is Nc1nc(NCCC[NH+]2CCOCC2)nc(Nc2ccc(F)cc2)c1[N+](=O)[O-]. The van der Waals surface area contributed by atoms with Gasteiger partial charge in [0.1, 0.15) is 18.9 Å². The molecule has 0 radical (unpaired) electrons. The molecule has 0 bridgehead atoms. The van der Waals surface area contributed by atoms with Crippen LogP contribution in [0.5, 0.6) is 0 Å². The van der Waals surface area contributed by atoms with E-state index in [0.29, 0.717) is 12.2 Å². The molecular formula is C17H23FN7O3+. The molecule has 0 atom stereocenters. The van der Waals surface area contributed by atoms with Crippen LogP contribution >= 0.6 is 0 Å². The summed E-state index contributed by atoms with van der Waals surface area (Å²) in [5.41, 5.74) is 5.80. The highest BCUT2D eigenvalue weighted by Crippen LogP contribution is 2.31. The summed E-state index contributed by atoms with van der Waals surface area (Å²) in [6.45, 7) is 5.14. The average molecular weight is 392 g/mol. The van der Waals surface area contributed by atoms with Gasteiger partial charge in [-0.1, -0.05) is 0 Å². The van der Waals surface area contributed by atoms with Crippen LogP contribution in [0.4, 0.5) is 33.3 Å². The van der Waals surface area contributed by atoms with Crippen LogP contribution in [0.15, 0.2) is 24.3 Å². The minimum Gasteiger partial charge on any atom is -0.378 e. The molecule has 3 rings (SSSR count). The van der Waals surface area contributed by atoms with Gasteiger partial charge >= 0.3 is 5.69 Å². The molecule has 28 heavy (non-hydrogen) atoms. The Morgan fingerprint density at radius 3 is 2.64 bits per heavy atom. The van der Waals surface area contributed by atoms with Gasteiger partial charge in [-0.15, -0.1) is 0 Å². The highest BCUT2D eigenvalue weighted by molar-refractivity contribution is 5.74. The number of halogens is 1. The lowest BCUT2D eigenvalue weighted by atomic mass is 10.3. The number of nitrogens with zero attached hydrogens (tertiary/aromatic N) is 3. The summed E-state index contributed by atoms with van der Waals surface area (Å²) in [6.07, 6.45) is 0.885. The van der Waals surface area contributed by atoms with Crippen molar-refractivity contribution in [2.45, 2.75) is 6.42 Å². The maximum atomic E-state index is 13.1. The molecule has 0 aliphatic carbocycles. The second kappa shape index (κ2) is 9.24. The fraction of sp³-hybridized carbons (Fsp3) is 0.412. The monoisotopic (exact) mass is 392 g/mol. The molecule has 150 valence electrons. The molecule has 1 fully saturated rings. The average Bonchev–Trinajstić information content (AvgIpc) is 2.67. The summed E-state index contributed by atoms with van der Waals surface area (Å²) in [4.78, 5) is 20.3. The lowest BCUT2D eigenvalue weighted by molar-refractivity contribution is -0.908. The van der Waals surface area contributed by atoms with Crippen molar-refractivity contribution < 1.29 is 19.0 Å². The molecule has 0 saturated carbocycles. The maximum Gasteiger partial charge on any atom is 0.353 e. The zero-order valence-corrected chi connectivity index (χ0v) is 15.3. The number of hydrogen-bond acceptors (Lipinski definition) is 8. The Labute approximate surface area is 161 Å². The van der Waals surface area contributed by atoms with Gasteiger partial charge in [0.15, 0.2) is 0 Å². The summed E-state index contributed by atoms with van der Waals surface area (Å²) in [6, 6.07) is 5.39. The first kappa shape index (κ1) is 19.7. The Hall–Kier alpha value is -3.05. The van der Waals surface area contributed by atoms with Crippen LogP contribution in [0.25, 0.3) is 0 Å². The largest absolute Gasteiger partial charge is 0.378 e. The van der Waals surface area contributed by atoms with Crippen LogP contribution in [0.1, 0.15) is 6.42 Å². The third-order valence-electron chi connectivity index (χ3n) is 4.39. The van der Waals surface area contributed by atoms with E-state index in [1.54, 1.807) is 0 Å². The van der Waals surface area contributed by atoms with Crippen LogP contribution in [0.3, 0.4) is 0 Å². The summed E-state index contributed by atoms with van der Waals surface area (Å²) in [7, 11) is 0. The highest BCUT2D eigenvalue weighted by Gasteiger charge is 2.23. The van der Waals surface area contributed by atoms with Crippen molar-refractivity contribution in [3.05, 3.63) is 40.2 Å². The number of morpholine rings is 1. The number of rotatable bonds is 8. The number of nitrogen functional groups attached to an aromatic ring is 1. The fourth-order valence-electron chi connectivity index (χ4n) is 2.94. The van der Waals surface area contributed by atoms with Crippen LogP contribution in [0, 0.1) is 15.9 Å². The molecule has 2 aromatic rings. The van der Waals surface area contributed by atoms with E-state index in [-0.39, 0.29) is 17.6 Å². The van der Waals surface area contributed by atoms with Gasteiger partial charge in [0.25, 0.3) is 0 Å². The lowest BCUT2D eigenvalue weighted by Gasteiger charge is -2.23. The highest BCUT2D eigenvalue weighted by atomic mass is 19.1. The van der Waals surface area contributed by atoms with E-state index in [0.717, 1.165) is 39.3 Å². The van der Waals surface area contributed by atoms with Crippen molar-refractivity contribution >= 4 is 29.0 Å². The zero-order valence-electron chi connectivity index (χ0n) is 15.3. The normalized spacial score (nSPS) is 14.6. The second-order valence-electron chi connectivity index (χ2n) is 6.41. The molecule has 2 heterocycles. The minimum absolute atomic E-state index is 0.0505. The molecule has 0 unspecified atom stereocenters. The third kappa shape index (κ3) is 5.24. The van der Waals surface area contributed by atoms with Gasteiger partial charge in [-0.3, -0.25) is 10.1 Å². The predicted molar refractivity (Wildman–Crippen MR) is 102 cm³/mol. The number of nitro groups is 1. The molecule has 10 nitrogen and oxygen atoms in total. The number of ether oxygens (including phenoxy) is 1. The van der Waals surface area contributed by atoms with E-state index in [2.05, 4.69) is 20.6 Å². The molecule has 1 aliphatic heterocycles. The van der Waals surface area contributed by atoms with E-state index in [9.17, 15) is 14.5 Å². The van der Waals surface area contributed by atoms with Crippen LogP contribution in [-0.4, -0.2) is 54.3 Å². The number of nitrogens with two attached hydrogens (primary N) is 1. The molecule has 5 N–H and O–H groups in total. The van der Waals surface area contributed by atoms with Gasteiger partial charge in [-0.2, -0.15) is 9.97 Å². The number of aromatic nitrogens is 2. The Morgan fingerprint density at radius 1 is 1.25 bits per heavy atom. The number of quaternary nitrogens is 1. The molecular weight excluding hydrogens is 369 g/mol. The van der Waals surface area contributed by atoms with Crippen molar-refractivity contribution in [1.29, 1.82) is 0 Å². The van der Waals surface area contributed by atoms with Crippen LogP contribution in [-0.2, 0) is 4.74 Å². The number of hydrogen-bond donors (Lipinski definition) is 4. The minimum atomic E-state index is -0.646. The van der Waals surface area contributed by atoms with E-state index in [1.807, 2.05) is 0 Å². The van der Waals surface area contributed by atoms with E-state index < -0.39 is 16.4 Å². The Balaban J connectivity index is 1.66. The quantitative estimate of drug-likeness (QED) is 0.291. The van der Waals surface area contributed by atoms with Crippen molar-refractivity contribution in [2.75, 3.05) is 55.8 Å². The van der Waals surface area contributed by atoms with Gasteiger partial charge in [0.2, 0.25) is 17.6 Å². The van der Waals surface area contributed by atoms with Gasteiger partial charge < -0.3 is 26.0 Å². The first-order valence-electron chi connectivity index (χ1n) is 9.02. The van der Waals surface area contributed by atoms with Gasteiger partial charge in [-0.05, 0) is 24.3 Å². The molecule has 11 heteroatoms. The Kier molecular flexibility index (Phi) is 6.50. The zero-order chi connectivity index (χ0) is 19.9. The van der Waals surface area contributed by atoms with Crippen molar-refractivity contribution in [3.8, 4) is 0 Å². The topological polar surface area (TPSA) is 133 Å². The van der Waals surface area contributed by atoms with E-state index in [1.165, 1.54) is 29.2 Å². The van der Waals surface area contributed by atoms with Gasteiger partial charge in [0.05, 0.1) is 24.7 Å².